The highest BCUT2D eigenvalue weighted by Gasteiger charge is 2.35. The van der Waals surface area contributed by atoms with Crippen molar-refractivity contribution in [2.75, 3.05) is 26.2 Å². The lowest BCUT2D eigenvalue weighted by atomic mass is 10.0. The zero-order valence-electron chi connectivity index (χ0n) is 11.3. The summed E-state index contributed by atoms with van der Waals surface area (Å²) in [4.78, 5) is 2.02. The number of nitrogens with one attached hydrogen (secondary N) is 1. The van der Waals surface area contributed by atoms with Crippen LogP contribution in [0.2, 0.25) is 0 Å². The Morgan fingerprint density at radius 3 is 2.38 bits per heavy atom. The van der Waals surface area contributed by atoms with E-state index < -0.39 is 17.6 Å². The molecule has 1 atom stereocenters. The lowest BCUT2D eigenvalue weighted by Gasteiger charge is -2.33. The van der Waals surface area contributed by atoms with E-state index in [1.165, 1.54) is 6.07 Å². The van der Waals surface area contributed by atoms with Crippen molar-refractivity contribution in [3.8, 4) is 0 Å². The Morgan fingerprint density at radius 1 is 1.24 bits per heavy atom. The van der Waals surface area contributed by atoms with Crippen molar-refractivity contribution < 1.29 is 17.6 Å². The summed E-state index contributed by atoms with van der Waals surface area (Å²) in [6, 6.07) is 2.80. The number of hydrogen-bond donors (Lipinski definition) is 1. The summed E-state index contributed by atoms with van der Waals surface area (Å²) in [5.74, 6) is -1.25. The van der Waals surface area contributed by atoms with Crippen molar-refractivity contribution in [1.29, 1.82) is 0 Å². The maximum absolute atomic E-state index is 13.3. The molecular formula is C14H17ClF4N2. The van der Waals surface area contributed by atoms with Crippen LogP contribution in [0.5, 0.6) is 0 Å². The number of alkyl halides is 3. The van der Waals surface area contributed by atoms with E-state index in [4.69, 9.17) is 0 Å². The Bertz CT molecular complexity index is 484. The molecule has 1 fully saturated rings. The largest absolute Gasteiger partial charge is 0.419 e. The molecule has 0 aromatic heterocycles. The fraction of sp³-hybridized carbons (Fsp3) is 0.429. The quantitative estimate of drug-likeness (QED) is 0.677. The number of halogens is 5. The van der Waals surface area contributed by atoms with Gasteiger partial charge in [0.15, 0.2) is 0 Å². The van der Waals surface area contributed by atoms with Gasteiger partial charge in [0, 0.05) is 26.2 Å². The van der Waals surface area contributed by atoms with Crippen LogP contribution < -0.4 is 5.32 Å². The van der Waals surface area contributed by atoms with Gasteiger partial charge in [-0.2, -0.15) is 13.2 Å². The average molecular weight is 325 g/mol. The normalized spacial score (nSPS) is 17.9. The summed E-state index contributed by atoms with van der Waals surface area (Å²) in [5, 5.41) is 3.17. The van der Waals surface area contributed by atoms with Crippen LogP contribution in [-0.2, 0) is 6.18 Å². The van der Waals surface area contributed by atoms with E-state index in [1.54, 1.807) is 6.08 Å². The summed E-state index contributed by atoms with van der Waals surface area (Å²) in [6.07, 6.45) is -3.09. The smallest absolute Gasteiger partial charge is 0.314 e. The molecule has 1 aromatic rings. The van der Waals surface area contributed by atoms with Gasteiger partial charge in [-0.1, -0.05) is 12.1 Å². The zero-order chi connectivity index (χ0) is 14.8. The second-order valence-electron chi connectivity index (χ2n) is 4.70. The highest BCUT2D eigenvalue weighted by atomic mass is 35.5. The molecule has 2 rings (SSSR count). The van der Waals surface area contributed by atoms with Crippen LogP contribution in [-0.4, -0.2) is 31.1 Å². The third-order valence-corrected chi connectivity index (χ3v) is 3.41. The minimum absolute atomic E-state index is 0. The van der Waals surface area contributed by atoms with E-state index in [-0.39, 0.29) is 18.4 Å². The number of rotatable bonds is 3. The van der Waals surface area contributed by atoms with Crippen molar-refractivity contribution >= 4 is 12.4 Å². The molecule has 1 aliphatic rings. The van der Waals surface area contributed by atoms with Crippen LogP contribution in [0.15, 0.2) is 30.9 Å². The summed E-state index contributed by atoms with van der Waals surface area (Å²) >= 11 is 0. The van der Waals surface area contributed by atoms with Crippen LogP contribution in [0.25, 0.3) is 0 Å². The molecule has 1 heterocycles. The van der Waals surface area contributed by atoms with E-state index in [9.17, 15) is 17.6 Å². The van der Waals surface area contributed by atoms with Gasteiger partial charge in [-0.05, 0) is 17.7 Å². The Hall–Kier alpha value is -1.11. The Balaban J connectivity index is 0.00000220. The molecule has 1 N–H and O–H groups in total. The molecule has 1 aliphatic heterocycles. The summed E-state index contributed by atoms with van der Waals surface area (Å²) < 4.78 is 51.6. The first-order valence-electron chi connectivity index (χ1n) is 6.37. The number of benzene rings is 1. The summed E-state index contributed by atoms with van der Waals surface area (Å²) in [6.45, 7) is 6.68. The number of piperazine rings is 1. The monoisotopic (exact) mass is 324 g/mol. The van der Waals surface area contributed by atoms with Crippen LogP contribution in [0.1, 0.15) is 17.2 Å². The topological polar surface area (TPSA) is 15.3 Å². The third kappa shape index (κ3) is 4.18. The first kappa shape index (κ1) is 17.9. The van der Waals surface area contributed by atoms with Gasteiger partial charge < -0.3 is 5.32 Å². The van der Waals surface area contributed by atoms with E-state index in [2.05, 4.69) is 11.9 Å². The average Bonchev–Trinajstić information content (AvgIpc) is 2.41. The third-order valence-electron chi connectivity index (χ3n) is 3.41. The van der Waals surface area contributed by atoms with Gasteiger partial charge in [0.25, 0.3) is 0 Å². The van der Waals surface area contributed by atoms with Gasteiger partial charge in [-0.15, -0.1) is 19.0 Å². The second kappa shape index (κ2) is 7.24. The summed E-state index contributed by atoms with van der Waals surface area (Å²) in [5.41, 5.74) is -0.812. The molecule has 21 heavy (non-hydrogen) atoms. The van der Waals surface area contributed by atoms with E-state index in [0.717, 1.165) is 38.3 Å². The molecule has 1 saturated heterocycles. The molecule has 0 bridgehead atoms. The molecule has 2 nitrogen and oxygen atoms in total. The highest BCUT2D eigenvalue weighted by Crippen LogP contribution is 2.34. The molecular weight excluding hydrogens is 308 g/mol. The second-order valence-corrected chi connectivity index (χ2v) is 4.70. The van der Waals surface area contributed by atoms with Gasteiger partial charge in [0.05, 0.1) is 11.6 Å². The van der Waals surface area contributed by atoms with Crippen LogP contribution in [0.3, 0.4) is 0 Å². The maximum atomic E-state index is 13.3. The van der Waals surface area contributed by atoms with E-state index in [0.29, 0.717) is 5.56 Å². The lowest BCUT2D eigenvalue weighted by Crippen LogP contribution is -2.44. The first-order valence-corrected chi connectivity index (χ1v) is 6.37. The van der Waals surface area contributed by atoms with Crippen LogP contribution in [0, 0.1) is 5.82 Å². The van der Waals surface area contributed by atoms with Gasteiger partial charge in [0.2, 0.25) is 0 Å². The first-order chi connectivity index (χ1) is 9.43. The molecule has 0 amide bonds. The van der Waals surface area contributed by atoms with Crippen molar-refractivity contribution in [2.24, 2.45) is 0 Å². The molecule has 118 valence electrons. The standard InChI is InChI=1S/C14H16F4N2.ClH/c1-2-13(20-7-5-19-6-8-20)10-3-4-12(15)11(9-10)14(16,17)18;/h2-4,9,13,19H,1,5-8H2;1H/t13-;/m1./s1. The number of hydrogen-bond acceptors (Lipinski definition) is 2. The highest BCUT2D eigenvalue weighted by molar-refractivity contribution is 5.85. The zero-order valence-corrected chi connectivity index (χ0v) is 12.1. The minimum Gasteiger partial charge on any atom is -0.314 e. The summed E-state index contributed by atoms with van der Waals surface area (Å²) in [7, 11) is 0. The molecule has 0 radical (unpaired) electrons. The Kier molecular flexibility index (Phi) is 6.19. The molecule has 7 heteroatoms. The van der Waals surface area contributed by atoms with Gasteiger partial charge in [-0.3, -0.25) is 4.90 Å². The van der Waals surface area contributed by atoms with Crippen LogP contribution >= 0.6 is 12.4 Å². The Labute approximate surface area is 127 Å². The van der Waals surface area contributed by atoms with Gasteiger partial charge in [0.1, 0.15) is 5.82 Å². The predicted octanol–water partition coefficient (Wildman–Crippen LogP) is 3.40. The van der Waals surface area contributed by atoms with Crippen molar-refractivity contribution in [1.82, 2.24) is 10.2 Å². The maximum Gasteiger partial charge on any atom is 0.419 e. The number of nitrogens with zero attached hydrogens (tertiary/aromatic N) is 1. The van der Waals surface area contributed by atoms with Crippen molar-refractivity contribution in [3.63, 3.8) is 0 Å². The molecule has 0 saturated carbocycles. The molecule has 1 aromatic carbocycles. The molecule has 0 spiro atoms. The van der Waals surface area contributed by atoms with Gasteiger partial charge >= 0.3 is 6.18 Å². The van der Waals surface area contributed by atoms with Gasteiger partial charge in [-0.25, -0.2) is 4.39 Å². The SMILES string of the molecule is C=C[C@H](c1ccc(F)c(C(F)(F)F)c1)N1CCNCC1.Cl. The van der Waals surface area contributed by atoms with Crippen molar-refractivity contribution in [3.05, 3.63) is 47.8 Å². The molecule has 0 aliphatic carbocycles. The van der Waals surface area contributed by atoms with E-state index >= 15 is 0 Å². The lowest BCUT2D eigenvalue weighted by molar-refractivity contribution is -0.140. The Morgan fingerprint density at radius 2 is 1.86 bits per heavy atom. The molecule has 0 unspecified atom stereocenters. The minimum atomic E-state index is -4.69. The van der Waals surface area contributed by atoms with Crippen LogP contribution in [0.4, 0.5) is 17.6 Å². The predicted molar refractivity (Wildman–Crippen MR) is 76.0 cm³/mol. The fourth-order valence-corrected chi connectivity index (χ4v) is 2.40. The van der Waals surface area contributed by atoms with E-state index in [1.807, 2.05) is 4.90 Å². The fourth-order valence-electron chi connectivity index (χ4n) is 2.40. The van der Waals surface area contributed by atoms with Crippen molar-refractivity contribution in [2.45, 2.75) is 12.2 Å².